The van der Waals surface area contributed by atoms with E-state index in [0.29, 0.717) is 13.2 Å². The number of rotatable bonds is 10. The maximum atomic E-state index is 11.8. The molecule has 1 atom stereocenters. The predicted molar refractivity (Wildman–Crippen MR) is 91.7 cm³/mol. The molecule has 1 aromatic rings. The second-order valence-electron chi connectivity index (χ2n) is 4.37. The molecule has 1 rings (SSSR count). The Hall–Kier alpha value is -1.52. The molecule has 0 bridgehead atoms. The van der Waals surface area contributed by atoms with Crippen LogP contribution in [0.5, 0.6) is 0 Å². The molecule has 0 aromatic heterocycles. The number of hydrogen-bond donors (Lipinski definition) is 0. The van der Waals surface area contributed by atoms with Crippen molar-refractivity contribution in [2.75, 3.05) is 20.3 Å². The van der Waals surface area contributed by atoms with E-state index < -0.39 is 20.7 Å². The molecular formula is C17H23O5P. The van der Waals surface area contributed by atoms with Crippen LogP contribution in [-0.2, 0) is 23.1 Å². The molecule has 0 radical (unpaired) electrons. The molecule has 0 fully saturated rings. The van der Waals surface area contributed by atoms with Crippen LogP contribution in [0.4, 0.5) is 0 Å². The minimum absolute atomic E-state index is 0.187. The third-order valence-electron chi connectivity index (χ3n) is 2.72. The molecule has 0 heterocycles. The fourth-order valence-electron chi connectivity index (χ4n) is 1.63. The molecule has 0 N–H and O–H groups in total. The van der Waals surface area contributed by atoms with Crippen molar-refractivity contribution in [3.05, 3.63) is 54.1 Å². The third-order valence-corrected chi connectivity index (χ3v) is 4.06. The number of esters is 1. The van der Waals surface area contributed by atoms with Gasteiger partial charge < -0.3 is 13.8 Å². The molecule has 0 aliphatic carbocycles. The van der Waals surface area contributed by atoms with Crippen LogP contribution >= 0.6 is 8.60 Å². The number of carbonyl (C=O) groups is 1. The molecule has 1 unspecified atom stereocenters. The fourth-order valence-corrected chi connectivity index (χ4v) is 2.63. The van der Waals surface area contributed by atoms with Crippen LogP contribution in [0.3, 0.4) is 0 Å². The van der Waals surface area contributed by atoms with Gasteiger partial charge in [0, 0.05) is 0 Å². The molecule has 1 aromatic carbocycles. The van der Waals surface area contributed by atoms with E-state index >= 15 is 0 Å². The normalized spacial score (nSPS) is 12.5. The number of hydrogen-bond acceptors (Lipinski definition) is 5. The minimum atomic E-state index is -1.56. The van der Waals surface area contributed by atoms with E-state index in [1.165, 1.54) is 7.11 Å². The van der Waals surface area contributed by atoms with Crippen molar-refractivity contribution in [2.24, 2.45) is 0 Å². The van der Waals surface area contributed by atoms with Crippen molar-refractivity contribution >= 4 is 20.6 Å². The van der Waals surface area contributed by atoms with Gasteiger partial charge in [-0.2, -0.15) is 0 Å². The van der Waals surface area contributed by atoms with Crippen molar-refractivity contribution in [1.29, 1.82) is 0 Å². The Bertz CT molecular complexity index is 509. The standard InChI is InChI=1S/C17H23O5P/c1-5-20-23(21-6-2)22-16(14(3)17(18)19-4)13-12-15-10-8-7-9-11-15/h7-13,16H,3,5-6H2,1-2,4H3/b13-12+. The summed E-state index contributed by atoms with van der Waals surface area (Å²) < 4.78 is 21.3. The summed E-state index contributed by atoms with van der Waals surface area (Å²) in [6, 6.07) is 9.68. The first-order valence-corrected chi connectivity index (χ1v) is 8.45. The van der Waals surface area contributed by atoms with Crippen LogP contribution in [0, 0.1) is 0 Å². The Labute approximate surface area is 138 Å². The summed E-state index contributed by atoms with van der Waals surface area (Å²) in [6.45, 7) is 8.36. The van der Waals surface area contributed by atoms with E-state index in [-0.39, 0.29) is 5.57 Å². The second kappa shape index (κ2) is 11.1. The van der Waals surface area contributed by atoms with E-state index in [1.54, 1.807) is 6.08 Å². The van der Waals surface area contributed by atoms with E-state index in [9.17, 15) is 4.79 Å². The van der Waals surface area contributed by atoms with Gasteiger partial charge in [0.05, 0.1) is 25.9 Å². The fraction of sp³-hybridized carbons (Fsp3) is 0.353. The van der Waals surface area contributed by atoms with Crippen molar-refractivity contribution < 1.29 is 23.1 Å². The smallest absolute Gasteiger partial charge is 0.336 e. The molecule has 0 aliphatic rings. The summed E-state index contributed by atoms with van der Waals surface area (Å²) in [5, 5.41) is 0. The topological polar surface area (TPSA) is 54.0 Å². The molecule has 5 nitrogen and oxygen atoms in total. The van der Waals surface area contributed by atoms with Crippen LogP contribution in [0.25, 0.3) is 6.08 Å². The zero-order chi connectivity index (χ0) is 17.1. The number of benzene rings is 1. The van der Waals surface area contributed by atoms with Crippen molar-refractivity contribution in [1.82, 2.24) is 0 Å². The lowest BCUT2D eigenvalue weighted by atomic mass is 10.1. The second-order valence-corrected chi connectivity index (χ2v) is 5.55. The van der Waals surface area contributed by atoms with Crippen LogP contribution in [0.2, 0.25) is 0 Å². The summed E-state index contributed by atoms with van der Waals surface area (Å²) in [7, 11) is -0.258. The average Bonchev–Trinajstić information content (AvgIpc) is 2.58. The van der Waals surface area contributed by atoms with Crippen LogP contribution < -0.4 is 0 Å². The largest absolute Gasteiger partial charge is 0.466 e. The maximum absolute atomic E-state index is 11.8. The Balaban J connectivity index is 2.89. The first-order chi connectivity index (χ1) is 11.1. The van der Waals surface area contributed by atoms with Crippen molar-refractivity contribution in [2.45, 2.75) is 20.0 Å². The third kappa shape index (κ3) is 7.06. The SMILES string of the molecule is C=C(C(=O)OC)C(/C=C/c1ccccc1)OP(OCC)OCC. The number of ether oxygens (including phenoxy) is 1. The van der Waals surface area contributed by atoms with E-state index in [0.717, 1.165) is 5.56 Å². The Kier molecular flexibility index (Phi) is 9.41. The lowest BCUT2D eigenvalue weighted by Gasteiger charge is -2.21. The van der Waals surface area contributed by atoms with Crippen molar-refractivity contribution in [3.8, 4) is 0 Å². The quantitative estimate of drug-likeness (QED) is 0.365. The number of methoxy groups -OCH3 is 1. The molecule has 0 spiro atoms. The summed E-state index contributed by atoms with van der Waals surface area (Å²) in [6.07, 6.45) is 2.90. The predicted octanol–water partition coefficient (Wildman–Crippen LogP) is 4.11. The van der Waals surface area contributed by atoms with Crippen LogP contribution in [0.1, 0.15) is 19.4 Å². The molecule has 6 heteroatoms. The summed E-state index contributed by atoms with van der Waals surface area (Å²) in [5.41, 5.74) is 1.17. The van der Waals surface area contributed by atoms with E-state index in [1.807, 2.05) is 50.3 Å². The molecule has 23 heavy (non-hydrogen) atoms. The highest BCUT2D eigenvalue weighted by Crippen LogP contribution is 2.42. The summed E-state index contributed by atoms with van der Waals surface area (Å²) >= 11 is 0. The highest BCUT2D eigenvalue weighted by atomic mass is 31.2. The van der Waals surface area contributed by atoms with Gasteiger partial charge in [-0.15, -0.1) is 0 Å². The van der Waals surface area contributed by atoms with Gasteiger partial charge in [0.15, 0.2) is 0 Å². The van der Waals surface area contributed by atoms with Gasteiger partial charge in [0.25, 0.3) is 0 Å². The van der Waals surface area contributed by atoms with Gasteiger partial charge >= 0.3 is 14.6 Å². The average molecular weight is 338 g/mol. The summed E-state index contributed by atoms with van der Waals surface area (Å²) in [4.78, 5) is 11.8. The van der Waals surface area contributed by atoms with Gasteiger partial charge in [-0.3, -0.25) is 4.52 Å². The molecule has 0 saturated heterocycles. The van der Waals surface area contributed by atoms with Gasteiger partial charge in [0.2, 0.25) is 0 Å². The first kappa shape index (κ1) is 19.5. The first-order valence-electron chi connectivity index (χ1n) is 7.35. The summed E-state index contributed by atoms with van der Waals surface area (Å²) in [5.74, 6) is -0.532. The zero-order valence-electron chi connectivity index (χ0n) is 13.7. The monoisotopic (exact) mass is 338 g/mol. The molecule has 126 valence electrons. The van der Waals surface area contributed by atoms with Gasteiger partial charge in [-0.25, -0.2) is 4.79 Å². The van der Waals surface area contributed by atoms with Crippen LogP contribution in [0.15, 0.2) is 48.6 Å². The lowest BCUT2D eigenvalue weighted by Crippen LogP contribution is -2.19. The zero-order valence-corrected chi connectivity index (χ0v) is 14.6. The van der Waals surface area contributed by atoms with E-state index in [4.69, 9.17) is 18.3 Å². The Morgan fingerprint density at radius 2 is 1.83 bits per heavy atom. The highest BCUT2D eigenvalue weighted by Gasteiger charge is 2.24. The van der Waals surface area contributed by atoms with Gasteiger partial charge in [-0.05, 0) is 19.4 Å². The maximum Gasteiger partial charge on any atom is 0.336 e. The van der Waals surface area contributed by atoms with Crippen molar-refractivity contribution in [3.63, 3.8) is 0 Å². The molecule has 0 saturated carbocycles. The van der Waals surface area contributed by atoms with Crippen LogP contribution in [-0.4, -0.2) is 32.4 Å². The Morgan fingerprint density at radius 3 is 2.35 bits per heavy atom. The highest BCUT2D eigenvalue weighted by molar-refractivity contribution is 7.41. The van der Waals surface area contributed by atoms with Gasteiger partial charge in [0.1, 0.15) is 6.10 Å². The minimum Gasteiger partial charge on any atom is -0.466 e. The van der Waals surface area contributed by atoms with E-state index in [2.05, 4.69) is 6.58 Å². The molecular weight excluding hydrogens is 315 g/mol. The molecule has 0 amide bonds. The lowest BCUT2D eigenvalue weighted by molar-refractivity contribution is -0.136. The molecule has 0 aliphatic heterocycles. The Morgan fingerprint density at radius 1 is 1.22 bits per heavy atom. The van der Waals surface area contributed by atoms with Gasteiger partial charge in [-0.1, -0.05) is 49.1 Å². The number of carbonyl (C=O) groups excluding carboxylic acids is 1.